The van der Waals surface area contributed by atoms with Crippen LogP contribution in [0.4, 0.5) is 0 Å². The molecule has 2 rings (SSSR count). The van der Waals surface area contributed by atoms with Gasteiger partial charge in [0.25, 0.3) is 0 Å². The van der Waals surface area contributed by atoms with Crippen LogP contribution in [0.2, 0.25) is 5.02 Å². The molecule has 1 N–H and O–H groups in total. The Balaban J connectivity index is 2.46. The van der Waals surface area contributed by atoms with Crippen molar-refractivity contribution < 1.29 is 27.5 Å². The lowest BCUT2D eigenvalue weighted by atomic mass is 9.74. The number of rotatable bonds is 5. The average molecular weight is 404 g/mol. The van der Waals surface area contributed by atoms with E-state index < -0.39 is 33.4 Å². The van der Waals surface area contributed by atoms with E-state index in [0.717, 1.165) is 20.0 Å². The second-order valence-corrected chi connectivity index (χ2v) is 8.56. The van der Waals surface area contributed by atoms with Crippen LogP contribution in [-0.4, -0.2) is 40.1 Å². The second kappa shape index (κ2) is 7.94. The molecule has 26 heavy (non-hydrogen) atoms. The highest BCUT2D eigenvalue weighted by Gasteiger charge is 2.45. The third-order valence-electron chi connectivity index (χ3n) is 4.70. The lowest BCUT2D eigenvalue weighted by Crippen LogP contribution is -2.55. The molecule has 1 aromatic carbocycles. The zero-order valence-electron chi connectivity index (χ0n) is 14.9. The van der Waals surface area contributed by atoms with Gasteiger partial charge in [0.15, 0.2) is 0 Å². The molecule has 0 aliphatic heterocycles. The number of nitrogens with one attached hydrogen (secondary N) is 1. The molecule has 0 amide bonds. The van der Waals surface area contributed by atoms with Crippen molar-refractivity contribution in [3.63, 3.8) is 0 Å². The minimum Gasteiger partial charge on any atom is -0.469 e. The maximum Gasteiger partial charge on any atom is 0.339 e. The molecule has 1 fully saturated rings. The first kappa shape index (κ1) is 20.7. The van der Waals surface area contributed by atoms with Gasteiger partial charge in [-0.25, -0.2) is 17.9 Å². The van der Waals surface area contributed by atoms with Gasteiger partial charge in [-0.2, -0.15) is 0 Å². The Morgan fingerprint density at radius 3 is 2.54 bits per heavy atom. The molecule has 1 aliphatic carbocycles. The topological polar surface area (TPSA) is 98.8 Å². The monoisotopic (exact) mass is 403 g/mol. The summed E-state index contributed by atoms with van der Waals surface area (Å²) in [5, 5.41) is 0.163. The molecule has 0 aromatic heterocycles. The third-order valence-corrected chi connectivity index (χ3v) is 6.59. The van der Waals surface area contributed by atoms with E-state index in [1.165, 1.54) is 25.3 Å². The quantitative estimate of drug-likeness (QED) is 0.758. The summed E-state index contributed by atoms with van der Waals surface area (Å²) < 4.78 is 38.1. The van der Waals surface area contributed by atoms with Gasteiger partial charge in [-0.05, 0) is 38.0 Å². The van der Waals surface area contributed by atoms with Crippen LogP contribution < -0.4 is 4.72 Å². The minimum atomic E-state index is -4.14. The Bertz CT molecular complexity index is 809. The Morgan fingerprint density at radius 2 is 1.92 bits per heavy atom. The van der Waals surface area contributed by atoms with Crippen molar-refractivity contribution in [1.29, 1.82) is 0 Å². The van der Waals surface area contributed by atoms with Gasteiger partial charge in [0, 0.05) is 10.6 Å². The van der Waals surface area contributed by atoms with Crippen LogP contribution >= 0.6 is 11.6 Å². The lowest BCUT2D eigenvalue weighted by Gasteiger charge is -2.40. The number of methoxy groups -OCH3 is 2. The number of esters is 2. The van der Waals surface area contributed by atoms with E-state index in [1.54, 1.807) is 6.92 Å². The molecule has 7 nitrogen and oxygen atoms in total. The van der Waals surface area contributed by atoms with Crippen LogP contribution in [-0.2, 0) is 24.3 Å². The van der Waals surface area contributed by atoms with Crippen LogP contribution in [0.1, 0.15) is 43.0 Å². The zero-order valence-corrected chi connectivity index (χ0v) is 16.4. The zero-order chi connectivity index (χ0) is 19.5. The van der Waals surface area contributed by atoms with E-state index in [1.807, 2.05) is 0 Å². The van der Waals surface area contributed by atoms with Gasteiger partial charge in [0.1, 0.15) is 0 Å². The molecule has 0 spiro atoms. The molecule has 0 heterocycles. The standard InChI is InChI=1S/C17H22ClNO6S/c1-17(9-5-4-6-13(17)16(21)25-3)19-26(22,23)14-10-11(18)7-8-12(14)15(20)24-2/h7-8,10,13,19H,4-6,9H2,1-3H3/t13-,17+/m0/s1. The summed E-state index contributed by atoms with van der Waals surface area (Å²) in [5.74, 6) is -1.87. The number of carbonyl (C=O) groups is 2. The number of carbonyl (C=O) groups excluding carboxylic acids is 2. The molecule has 9 heteroatoms. The molecule has 1 aromatic rings. The van der Waals surface area contributed by atoms with Crippen LogP contribution in [0.15, 0.2) is 23.1 Å². The predicted molar refractivity (Wildman–Crippen MR) is 95.5 cm³/mol. The van der Waals surface area contributed by atoms with Crippen molar-refractivity contribution in [2.75, 3.05) is 14.2 Å². The smallest absolute Gasteiger partial charge is 0.339 e. The molecule has 1 saturated carbocycles. The second-order valence-electron chi connectivity index (χ2n) is 6.48. The molecule has 0 saturated heterocycles. The van der Waals surface area contributed by atoms with Crippen LogP contribution in [0.25, 0.3) is 0 Å². The van der Waals surface area contributed by atoms with Crippen molar-refractivity contribution >= 4 is 33.6 Å². The highest BCUT2D eigenvalue weighted by atomic mass is 35.5. The number of benzene rings is 1. The van der Waals surface area contributed by atoms with Gasteiger partial charge >= 0.3 is 11.9 Å². The third kappa shape index (κ3) is 4.19. The Labute approximate surface area is 158 Å². The van der Waals surface area contributed by atoms with E-state index in [-0.39, 0.29) is 15.5 Å². The van der Waals surface area contributed by atoms with Gasteiger partial charge in [-0.3, -0.25) is 4.79 Å². The van der Waals surface area contributed by atoms with Crippen molar-refractivity contribution in [3.8, 4) is 0 Å². The Hall–Kier alpha value is -1.64. The molecule has 1 aliphatic rings. The maximum atomic E-state index is 13.0. The molecule has 144 valence electrons. The fraction of sp³-hybridized carbons (Fsp3) is 0.529. The van der Waals surface area contributed by atoms with E-state index in [4.69, 9.17) is 16.3 Å². The molecular weight excluding hydrogens is 382 g/mol. The highest BCUT2D eigenvalue weighted by Crippen LogP contribution is 2.36. The molecule has 2 atom stereocenters. The van der Waals surface area contributed by atoms with E-state index in [2.05, 4.69) is 9.46 Å². The summed E-state index contributed by atoms with van der Waals surface area (Å²) in [6.07, 6.45) is 2.57. The first-order valence-electron chi connectivity index (χ1n) is 8.14. The predicted octanol–water partition coefficient (Wildman–Crippen LogP) is 2.53. The SMILES string of the molecule is COC(=O)c1ccc(Cl)cc1S(=O)(=O)N[C@]1(C)CCCC[C@H]1C(=O)OC. The van der Waals surface area contributed by atoms with Crippen molar-refractivity contribution in [3.05, 3.63) is 28.8 Å². The average Bonchev–Trinajstić information content (AvgIpc) is 2.60. The minimum absolute atomic E-state index is 0.126. The first-order valence-corrected chi connectivity index (χ1v) is 10.0. The van der Waals surface area contributed by atoms with Crippen LogP contribution in [0.5, 0.6) is 0 Å². The van der Waals surface area contributed by atoms with Gasteiger partial charge in [-0.1, -0.05) is 24.4 Å². The number of hydrogen-bond donors (Lipinski definition) is 1. The first-order chi connectivity index (χ1) is 12.1. The maximum absolute atomic E-state index is 13.0. The van der Waals surface area contributed by atoms with Crippen LogP contribution in [0, 0.1) is 5.92 Å². The summed E-state index contributed by atoms with van der Waals surface area (Å²) >= 11 is 5.93. The molecular formula is C17H22ClNO6S. The number of ether oxygens (including phenoxy) is 2. The number of hydrogen-bond acceptors (Lipinski definition) is 6. The fourth-order valence-corrected chi connectivity index (χ4v) is 5.26. The van der Waals surface area contributed by atoms with E-state index in [9.17, 15) is 18.0 Å². The van der Waals surface area contributed by atoms with Gasteiger partial charge in [0.05, 0.1) is 30.6 Å². The van der Waals surface area contributed by atoms with Crippen LogP contribution in [0.3, 0.4) is 0 Å². The normalized spacial score (nSPS) is 23.3. The van der Waals surface area contributed by atoms with E-state index in [0.29, 0.717) is 12.8 Å². The summed E-state index contributed by atoms with van der Waals surface area (Å²) in [5.41, 5.74) is -1.15. The van der Waals surface area contributed by atoms with Crippen molar-refractivity contribution in [1.82, 2.24) is 4.72 Å². The summed E-state index contributed by atoms with van der Waals surface area (Å²) in [7, 11) is -1.71. The van der Waals surface area contributed by atoms with Gasteiger partial charge < -0.3 is 9.47 Å². The van der Waals surface area contributed by atoms with E-state index >= 15 is 0 Å². The highest BCUT2D eigenvalue weighted by molar-refractivity contribution is 7.89. The molecule has 0 bridgehead atoms. The van der Waals surface area contributed by atoms with Crippen molar-refractivity contribution in [2.45, 2.75) is 43.0 Å². The van der Waals surface area contributed by atoms with Crippen molar-refractivity contribution in [2.24, 2.45) is 5.92 Å². The summed E-state index contributed by atoms with van der Waals surface area (Å²) in [6, 6.07) is 3.89. The van der Waals surface area contributed by atoms with Gasteiger partial charge in [-0.15, -0.1) is 0 Å². The lowest BCUT2D eigenvalue weighted by molar-refractivity contribution is -0.149. The molecule has 0 unspecified atom stereocenters. The number of halogens is 1. The number of sulfonamides is 1. The Morgan fingerprint density at radius 1 is 1.23 bits per heavy atom. The van der Waals surface area contributed by atoms with Gasteiger partial charge in [0.2, 0.25) is 10.0 Å². The fourth-order valence-electron chi connectivity index (χ4n) is 3.33. The Kier molecular flexibility index (Phi) is 6.31. The molecule has 0 radical (unpaired) electrons. The largest absolute Gasteiger partial charge is 0.469 e. The summed E-state index contributed by atoms with van der Waals surface area (Å²) in [4.78, 5) is 23.8. The summed E-state index contributed by atoms with van der Waals surface area (Å²) in [6.45, 7) is 1.67.